The van der Waals surface area contributed by atoms with Crippen LogP contribution in [-0.4, -0.2) is 56.2 Å². The van der Waals surface area contributed by atoms with Crippen molar-refractivity contribution in [2.45, 2.75) is 25.7 Å². The van der Waals surface area contributed by atoms with Crippen LogP contribution in [0.5, 0.6) is 0 Å². The number of nitrogens with zero attached hydrogens (tertiary/aromatic N) is 3. The second kappa shape index (κ2) is 8.83. The maximum atomic E-state index is 12.6. The Balaban J connectivity index is 1.63. The smallest absolute Gasteiger partial charge is 0.261 e. The molecule has 0 bridgehead atoms. The van der Waals surface area contributed by atoms with Crippen molar-refractivity contribution in [2.24, 2.45) is 5.92 Å². The van der Waals surface area contributed by atoms with Crippen molar-refractivity contribution in [1.29, 1.82) is 0 Å². The van der Waals surface area contributed by atoms with Crippen LogP contribution < -0.4 is 9.62 Å². The zero-order valence-electron chi connectivity index (χ0n) is 17.3. The number of piperazine rings is 1. The second-order valence-electron chi connectivity index (χ2n) is 7.56. The number of pyridine rings is 1. The van der Waals surface area contributed by atoms with Crippen LogP contribution in [0, 0.1) is 5.92 Å². The molecule has 1 saturated heterocycles. The number of amides is 1. The Morgan fingerprint density at radius 1 is 1.00 bits per heavy atom. The fourth-order valence-electron chi connectivity index (χ4n) is 3.24. The lowest BCUT2D eigenvalue weighted by Crippen LogP contribution is -2.50. The SMILES string of the molecule is CC(=O)c1ccc(S(=O)(=O)Nc2ccc(N3CCN(C(=O)C(C)C)CC3)nc2)cc1. The van der Waals surface area contributed by atoms with E-state index in [1.807, 2.05) is 18.7 Å². The van der Waals surface area contributed by atoms with E-state index in [9.17, 15) is 18.0 Å². The zero-order valence-corrected chi connectivity index (χ0v) is 18.1. The van der Waals surface area contributed by atoms with Gasteiger partial charge in [0.15, 0.2) is 5.78 Å². The predicted octanol–water partition coefficient (Wildman–Crippen LogP) is 2.39. The fourth-order valence-corrected chi connectivity index (χ4v) is 4.28. The molecule has 1 aromatic heterocycles. The van der Waals surface area contributed by atoms with E-state index in [0.717, 1.165) is 5.82 Å². The van der Waals surface area contributed by atoms with Crippen molar-refractivity contribution in [2.75, 3.05) is 35.8 Å². The van der Waals surface area contributed by atoms with Gasteiger partial charge in [-0.05, 0) is 31.2 Å². The molecule has 1 N–H and O–H groups in total. The first-order chi connectivity index (χ1) is 14.2. The number of hydrogen-bond donors (Lipinski definition) is 1. The van der Waals surface area contributed by atoms with Crippen LogP contribution in [0.1, 0.15) is 31.1 Å². The summed E-state index contributed by atoms with van der Waals surface area (Å²) in [5.74, 6) is 0.755. The van der Waals surface area contributed by atoms with E-state index in [0.29, 0.717) is 37.4 Å². The van der Waals surface area contributed by atoms with Gasteiger partial charge in [0.05, 0.1) is 16.8 Å². The summed E-state index contributed by atoms with van der Waals surface area (Å²) in [5.41, 5.74) is 0.804. The average Bonchev–Trinajstić information content (AvgIpc) is 2.73. The van der Waals surface area contributed by atoms with Crippen molar-refractivity contribution in [3.8, 4) is 0 Å². The first-order valence-corrected chi connectivity index (χ1v) is 11.3. The Hall–Kier alpha value is -2.94. The minimum Gasteiger partial charge on any atom is -0.353 e. The third-order valence-electron chi connectivity index (χ3n) is 4.98. The molecule has 0 spiro atoms. The van der Waals surface area contributed by atoms with Crippen LogP contribution in [0.2, 0.25) is 0 Å². The maximum absolute atomic E-state index is 12.6. The van der Waals surface area contributed by atoms with Gasteiger partial charge in [0.25, 0.3) is 10.0 Å². The van der Waals surface area contributed by atoms with Crippen LogP contribution in [0.15, 0.2) is 47.5 Å². The summed E-state index contributed by atoms with van der Waals surface area (Å²) >= 11 is 0. The van der Waals surface area contributed by atoms with Crippen molar-refractivity contribution < 1.29 is 18.0 Å². The molecule has 0 radical (unpaired) electrons. The summed E-state index contributed by atoms with van der Waals surface area (Å²) in [5, 5.41) is 0. The number of aromatic nitrogens is 1. The van der Waals surface area contributed by atoms with Gasteiger partial charge < -0.3 is 9.80 Å². The molecule has 0 aliphatic carbocycles. The lowest BCUT2D eigenvalue weighted by Gasteiger charge is -2.36. The largest absolute Gasteiger partial charge is 0.353 e. The van der Waals surface area contributed by atoms with Crippen LogP contribution in [0.25, 0.3) is 0 Å². The van der Waals surface area contributed by atoms with Gasteiger partial charge in [-0.25, -0.2) is 13.4 Å². The van der Waals surface area contributed by atoms with Crippen molar-refractivity contribution in [1.82, 2.24) is 9.88 Å². The van der Waals surface area contributed by atoms with Crippen molar-refractivity contribution >= 4 is 33.2 Å². The fraction of sp³-hybridized carbons (Fsp3) is 0.381. The molecule has 30 heavy (non-hydrogen) atoms. The van der Waals surface area contributed by atoms with Gasteiger partial charge >= 0.3 is 0 Å². The zero-order chi connectivity index (χ0) is 21.9. The molecule has 2 heterocycles. The molecule has 1 fully saturated rings. The Morgan fingerprint density at radius 2 is 1.63 bits per heavy atom. The van der Waals surface area contributed by atoms with Crippen LogP contribution >= 0.6 is 0 Å². The lowest BCUT2D eigenvalue weighted by atomic mass is 10.1. The molecule has 1 amide bonds. The number of anilines is 2. The average molecular weight is 431 g/mol. The number of Topliss-reactive ketones (excluding diaryl/α,β-unsaturated/α-hetero) is 1. The van der Waals surface area contributed by atoms with E-state index in [4.69, 9.17) is 0 Å². The van der Waals surface area contributed by atoms with Crippen molar-refractivity contribution in [3.63, 3.8) is 0 Å². The van der Waals surface area contributed by atoms with Gasteiger partial charge in [-0.1, -0.05) is 26.0 Å². The van der Waals surface area contributed by atoms with Gasteiger partial charge in [-0.3, -0.25) is 14.3 Å². The van der Waals surface area contributed by atoms with Gasteiger partial charge in [0, 0.05) is 37.7 Å². The van der Waals surface area contributed by atoms with Gasteiger partial charge in [-0.2, -0.15) is 0 Å². The standard InChI is InChI=1S/C21H26N4O4S/c1-15(2)21(27)25-12-10-24(11-13-25)20-9-6-18(14-22-20)23-30(28,29)19-7-4-17(5-8-19)16(3)26/h4-9,14-15,23H,10-13H2,1-3H3. The molecule has 0 unspecified atom stereocenters. The molecule has 1 aromatic carbocycles. The first kappa shape index (κ1) is 21.8. The Labute approximate surface area is 177 Å². The van der Waals surface area contributed by atoms with Gasteiger partial charge in [0.1, 0.15) is 5.82 Å². The molecule has 8 nitrogen and oxygen atoms in total. The summed E-state index contributed by atoms with van der Waals surface area (Å²) in [4.78, 5) is 31.8. The van der Waals surface area contributed by atoms with E-state index in [1.165, 1.54) is 37.4 Å². The van der Waals surface area contributed by atoms with E-state index in [1.54, 1.807) is 12.1 Å². The Bertz CT molecular complexity index is 1010. The number of ketones is 1. The number of benzene rings is 1. The van der Waals surface area contributed by atoms with E-state index in [2.05, 4.69) is 14.6 Å². The summed E-state index contributed by atoms with van der Waals surface area (Å²) < 4.78 is 27.6. The Kier molecular flexibility index (Phi) is 6.40. The molecule has 0 saturated carbocycles. The number of carbonyl (C=O) groups excluding carboxylic acids is 2. The summed E-state index contributed by atoms with van der Waals surface area (Å²) in [6.07, 6.45) is 1.47. The quantitative estimate of drug-likeness (QED) is 0.707. The highest BCUT2D eigenvalue weighted by atomic mass is 32.2. The van der Waals surface area contributed by atoms with Crippen molar-refractivity contribution in [3.05, 3.63) is 48.2 Å². The number of rotatable bonds is 6. The monoisotopic (exact) mass is 430 g/mol. The van der Waals surface area contributed by atoms with Crippen LogP contribution in [-0.2, 0) is 14.8 Å². The van der Waals surface area contributed by atoms with E-state index in [-0.39, 0.29) is 22.5 Å². The highest BCUT2D eigenvalue weighted by Crippen LogP contribution is 2.20. The molecular formula is C21H26N4O4S. The number of sulfonamides is 1. The molecule has 9 heteroatoms. The number of nitrogens with one attached hydrogen (secondary N) is 1. The summed E-state index contributed by atoms with van der Waals surface area (Å²) in [6, 6.07) is 9.20. The minimum atomic E-state index is -3.78. The first-order valence-electron chi connectivity index (χ1n) is 9.81. The molecule has 0 atom stereocenters. The molecule has 3 rings (SSSR count). The molecular weight excluding hydrogens is 404 g/mol. The van der Waals surface area contributed by atoms with E-state index < -0.39 is 10.0 Å². The summed E-state index contributed by atoms with van der Waals surface area (Å²) in [6.45, 7) is 7.86. The van der Waals surface area contributed by atoms with Gasteiger partial charge in [0.2, 0.25) is 5.91 Å². The highest BCUT2D eigenvalue weighted by Gasteiger charge is 2.23. The number of carbonyl (C=O) groups is 2. The second-order valence-corrected chi connectivity index (χ2v) is 9.24. The Morgan fingerprint density at radius 3 is 2.13 bits per heavy atom. The van der Waals surface area contributed by atoms with Crippen LogP contribution in [0.3, 0.4) is 0 Å². The summed E-state index contributed by atoms with van der Waals surface area (Å²) in [7, 11) is -3.78. The van der Waals surface area contributed by atoms with E-state index >= 15 is 0 Å². The highest BCUT2D eigenvalue weighted by molar-refractivity contribution is 7.92. The maximum Gasteiger partial charge on any atom is 0.261 e. The molecule has 1 aliphatic heterocycles. The third kappa shape index (κ3) is 4.96. The minimum absolute atomic E-state index is 0.0133. The number of hydrogen-bond acceptors (Lipinski definition) is 6. The lowest BCUT2D eigenvalue weighted by molar-refractivity contribution is -0.134. The molecule has 1 aliphatic rings. The van der Waals surface area contributed by atoms with Crippen LogP contribution in [0.4, 0.5) is 11.5 Å². The topological polar surface area (TPSA) is 99.7 Å². The predicted molar refractivity (Wildman–Crippen MR) is 115 cm³/mol. The normalized spacial score (nSPS) is 14.7. The van der Waals surface area contributed by atoms with Gasteiger partial charge in [-0.15, -0.1) is 0 Å². The molecule has 160 valence electrons. The molecule has 2 aromatic rings. The third-order valence-corrected chi connectivity index (χ3v) is 6.38.